The number of halogens is 1. The van der Waals surface area contributed by atoms with Gasteiger partial charge in [0.15, 0.2) is 0 Å². The molecule has 0 saturated heterocycles. The van der Waals surface area contributed by atoms with Crippen LogP contribution in [0.2, 0.25) is 5.02 Å². The van der Waals surface area contributed by atoms with Crippen LogP contribution in [0.5, 0.6) is 0 Å². The number of unbranched alkanes of at least 4 members (excludes halogenated alkanes) is 2. The van der Waals surface area contributed by atoms with Gasteiger partial charge in [0, 0.05) is 25.0 Å². The minimum atomic E-state index is -0.117. The molecule has 4 nitrogen and oxygen atoms in total. The van der Waals surface area contributed by atoms with Crippen LogP contribution in [0.15, 0.2) is 24.3 Å². The Morgan fingerprint density at radius 1 is 1.19 bits per heavy atom. The number of nitrogens with zero attached hydrogens (tertiary/aromatic N) is 1. The summed E-state index contributed by atoms with van der Waals surface area (Å²) in [5, 5.41) is 3.50. The smallest absolute Gasteiger partial charge is 0.239 e. The lowest BCUT2D eigenvalue weighted by Gasteiger charge is -2.20. The van der Waals surface area contributed by atoms with Crippen molar-refractivity contribution in [2.24, 2.45) is 0 Å². The maximum Gasteiger partial charge on any atom is 0.239 e. The number of benzene rings is 1. The fourth-order valence-electron chi connectivity index (χ4n) is 1.92. The Bertz CT molecular complexity index is 460. The average Bonchev–Trinajstić information content (AvgIpc) is 2.45. The first-order chi connectivity index (χ1) is 10.0. The van der Waals surface area contributed by atoms with Gasteiger partial charge in [-0.15, -0.1) is 0 Å². The van der Waals surface area contributed by atoms with Gasteiger partial charge in [0.25, 0.3) is 0 Å². The highest BCUT2D eigenvalue weighted by atomic mass is 35.5. The van der Waals surface area contributed by atoms with E-state index in [-0.39, 0.29) is 18.4 Å². The minimum Gasteiger partial charge on any atom is -0.355 e. The molecule has 0 aromatic heterocycles. The largest absolute Gasteiger partial charge is 0.355 e. The Hall–Kier alpha value is -1.55. The Morgan fingerprint density at radius 3 is 2.43 bits per heavy atom. The van der Waals surface area contributed by atoms with Crippen molar-refractivity contribution in [3.05, 3.63) is 34.9 Å². The van der Waals surface area contributed by atoms with E-state index < -0.39 is 0 Å². The molecule has 0 heterocycles. The van der Waals surface area contributed by atoms with Crippen LogP contribution < -0.4 is 5.32 Å². The number of rotatable bonds is 8. The summed E-state index contributed by atoms with van der Waals surface area (Å²) in [5.74, 6) is -0.232. The summed E-state index contributed by atoms with van der Waals surface area (Å²) in [6, 6.07) is 7.27. The van der Waals surface area contributed by atoms with E-state index in [0.717, 1.165) is 24.8 Å². The highest BCUT2D eigenvalue weighted by Crippen LogP contribution is 2.11. The third-order valence-corrected chi connectivity index (χ3v) is 3.42. The van der Waals surface area contributed by atoms with Gasteiger partial charge in [-0.05, 0) is 24.1 Å². The Kier molecular flexibility index (Phi) is 7.83. The van der Waals surface area contributed by atoms with Crippen LogP contribution in [-0.4, -0.2) is 29.8 Å². The molecular formula is C16H23ClN2O2. The fourth-order valence-corrected chi connectivity index (χ4v) is 2.05. The second-order valence-corrected chi connectivity index (χ2v) is 5.50. The van der Waals surface area contributed by atoms with E-state index in [0.29, 0.717) is 18.1 Å². The molecule has 21 heavy (non-hydrogen) atoms. The van der Waals surface area contributed by atoms with Crippen molar-refractivity contribution >= 4 is 23.4 Å². The minimum absolute atomic E-state index is 0.0874. The van der Waals surface area contributed by atoms with E-state index in [1.807, 2.05) is 12.1 Å². The van der Waals surface area contributed by atoms with Crippen LogP contribution in [0.25, 0.3) is 0 Å². The Labute approximate surface area is 131 Å². The average molecular weight is 311 g/mol. The van der Waals surface area contributed by atoms with E-state index in [4.69, 9.17) is 11.6 Å². The molecule has 116 valence electrons. The SMILES string of the molecule is CCCCCNC(=O)CN(Cc1ccc(Cl)cc1)C(C)=O. The summed E-state index contributed by atoms with van der Waals surface area (Å²) in [6.07, 6.45) is 3.19. The summed E-state index contributed by atoms with van der Waals surface area (Å²) in [5.41, 5.74) is 0.952. The van der Waals surface area contributed by atoms with Crippen molar-refractivity contribution in [3.63, 3.8) is 0 Å². The van der Waals surface area contributed by atoms with Gasteiger partial charge in [-0.3, -0.25) is 9.59 Å². The molecule has 1 aromatic carbocycles. The van der Waals surface area contributed by atoms with Gasteiger partial charge < -0.3 is 10.2 Å². The Morgan fingerprint density at radius 2 is 1.86 bits per heavy atom. The zero-order valence-electron chi connectivity index (χ0n) is 12.7. The van der Waals surface area contributed by atoms with Crippen LogP contribution in [0.3, 0.4) is 0 Å². The van der Waals surface area contributed by atoms with Gasteiger partial charge in [0.05, 0.1) is 6.54 Å². The lowest BCUT2D eigenvalue weighted by Crippen LogP contribution is -2.39. The molecule has 0 atom stereocenters. The second kappa shape index (κ2) is 9.40. The maximum absolute atomic E-state index is 11.8. The van der Waals surface area contributed by atoms with Gasteiger partial charge in [0.1, 0.15) is 0 Å². The van der Waals surface area contributed by atoms with Crippen LogP contribution in [0, 0.1) is 0 Å². The van der Waals surface area contributed by atoms with Crippen LogP contribution in [0.4, 0.5) is 0 Å². The van der Waals surface area contributed by atoms with Crippen LogP contribution in [-0.2, 0) is 16.1 Å². The molecule has 1 aromatic rings. The zero-order chi connectivity index (χ0) is 15.7. The maximum atomic E-state index is 11.8. The second-order valence-electron chi connectivity index (χ2n) is 5.06. The number of amides is 2. The van der Waals surface area contributed by atoms with E-state index in [2.05, 4.69) is 12.2 Å². The summed E-state index contributed by atoms with van der Waals surface area (Å²) >= 11 is 5.83. The van der Waals surface area contributed by atoms with Crippen LogP contribution in [0.1, 0.15) is 38.7 Å². The van der Waals surface area contributed by atoms with E-state index >= 15 is 0 Å². The summed E-state index contributed by atoms with van der Waals surface area (Å²) in [6.45, 7) is 4.75. The molecule has 5 heteroatoms. The first kappa shape index (κ1) is 17.5. The lowest BCUT2D eigenvalue weighted by atomic mass is 10.2. The normalized spacial score (nSPS) is 10.2. The summed E-state index contributed by atoms with van der Waals surface area (Å²) in [4.78, 5) is 25.0. The van der Waals surface area contributed by atoms with Gasteiger partial charge in [-0.1, -0.05) is 43.5 Å². The molecule has 0 unspecified atom stereocenters. The number of nitrogens with one attached hydrogen (secondary N) is 1. The standard InChI is InChI=1S/C16H23ClN2O2/c1-3-4-5-10-18-16(21)12-19(13(2)20)11-14-6-8-15(17)9-7-14/h6-9H,3-5,10-12H2,1-2H3,(H,18,21). The molecule has 0 aliphatic carbocycles. The lowest BCUT2D eigenvalue weighted by molar-refractivity contribution is -0.134. The molecule has 0 aliphatic heterocycles. The van der Waals surface area contributed by atoms with Crippen molar-refractivity contribution in [1.82, 2.24) is 10.2 Å². The van der Waals surface area contributed by atoms with Gasteiger partial charge in [0.2, 0.25) is 11.8 Å². The molecular weight excluding hydrogens is 288 g/mol. The van der Waals surface area contributed by atoms with E-state index in [1.54, 1.807) is 12.1 Å². The highest BCUT2D eigenvalue weighted by molar-refractivity contribution is 6.30. The molecule has 0 saturated carbocycles. The molecule has 0 spiro atoms. The predicted octanol–water partition coefficient (Wildman–Crippen LogP) is 2.99. The molecule has 1 N–H and O–H groups in total. The quantitative estimate of drug-likeness (QED) is 0.750. The topological polar surface area (TPSA) is 49.4 Å². The predicted molar refractivity (Wildman–Crippen MR) is 85.1 cm³/mol. The number of carbonyl (C=O) groups excluding carboxylic acids is 2. The molecule has 0 radical (unpaired) electrons. The first-order valence-electron chi connectivity index (χ1n) is 7.29. The number of hydrogen-bond acceptors (Lipinski definition) is 2. The van der Waals surface area contributed by atoms with Crippen molar-refractivity contribution in [2.75, 3.05) is 13.1 Å². The van der Waals surface area contributed by atoms with Crippen LogP contribution >= 0.6 is 11.6 Å². The van der Waals surface area contributed by atoms with Crippen molar-refractivity contribution in [1.29, 1.82) is 0 Å². The highest BCUT2D eigenvalue weighted by Gasteiger charge is 2.13. The van der Waals surface area contributed by atoms with Gasteiger partial charge in [-0.25, -0.2) is 0 Å². The summed E-state index contributed by atoms with van der Waals surface area (Å²) < 4.78 is 0. The van der Waals surface area contributed by atoms with Crippen molar-refractivity contribution in [3.8, 4) is 0 Å². The third-order valence-electron chi connectivity index (χ3n) is 3.17. The van der Waals surface area contributed by atoms with Gasteiger partial charge >= 0.3 is 0 Å². The summed E-state index contributed by atoms with van der Waals surface area (Å²) in [7, 11) is 0. The first-order valence-corrected chi connectivity index (χ1v) is 7.67. The zero-order valence-corrected chi connectivity index (χ0v) is 13.4. The molecule has 0 bridgehead atoms. The van der Waals surface area contributed by atoms with Crippen molar-refractivity contribution < 1.29 is 9.59 Å². The van der Waals surface area contributed by atoms with Crippen molar-refractivity contribution in [2.45, 2.75) is 39.7 Å². The molecule has 1 rings (SSSR count). The van der Waals surface area contributed by atoms with E-state index in [1.165, 1.54) is 11.8 Å². The monoisotopic (exact) mass is 310 g/mol. The number of hydrogen-bond donors (Lipinski definition) is 1. The number of carbonyl (C=O) groups is 2. The van der Waals surface area contributed by atoms with Gasteiger partial charge in [-0.2, -0.15) is 0 Å². The molecule has 0 aliphatic rings. The molecule has 0 fully saturated rings. The van der Waals surface area contributed by atoms with E-state index in [9.17, 15) is 9.59 Å². The Balaban J connectivity index is 2.48. The fraction of sp³-hybridized carbons (Fsp3) is 0.500. The molecule has 2 amide bonds. The third kappa shape index (κ3) is 7.14.